The van der Waals surface area contributed by atoms with Crippen molar-refractivity contribution in [3.05, 3.63) is 29.3 Å². The van der Waals surface area contributed by atoms with E-state index in [1.165, 1.54) is 6.07 Å². The fourth-order valence-electron chi connectivity index (χ4n) is 1.31. The molecule has 0 saturated carbocycles. The third-order valence-electron chi connectivity index (χ3n) is 2.22. The molecule has 0 aliphatic carbocycles. The fraction of sp³-hybridized carbons (Fsp3) is 0.455. The molecule has 1 aromatic rings. The van der Waals surface area contributed by atoms with Crippen LogP contribution in [0.5, 0.6) is 5.75 Å². The topological polar surface area (TPSA) is 43.4 Å². The van der Waals surface area contributed by atoms with Gasteiger partial charge in [0.2, 0.25) is 0 Å². The quantitative estimate of drug-likeness (QED) is 0.785. The van der Waals surface area contributed by atoms with E-state index in [9.17, 15) is 21.6 Å². The van der Waals surface area contributed by atoms with Crippen LogP contribution in [0.3, 0.4) is 0 Å². The normalized spacial score (nSPS) is 12.5. The number of sulfone groups is 1. The number of benzene rings is 1. The van der Waals surface area contributed by atoms with Gasteiger partial charge in [0.15, 0.2) is 9.84 Å². The summed E-state index contributed by atoms with van der Waals surface area (Å²) >= 11 is 5.48. The molecule has 1 rings (SSSR count). The Kier molecular flexibility index (Phi) is 5.09. The summed E-state index contributed by atoms with van der Waals surface area (Å²) < 4.78 is 65.0. The van der Waals surface area contributed by atoms with Crippen LogP contribution >= 0.6 is 11.6 Å². The fourth-order valence-corrected chi connectivity index (χ4v) is 1.86. The lowest BCUT2D eigenvalue weighted by molar-refractivity contribution is -0.138. The van der Waals surface area contributed by atoms with Crippen molar-refractivity contribution < 1.29 is 26.3 Å². The average Bonchev–Trinajstić information content (AvgIpc) is 2.26. The molecule has 8 heteroatoms. The van der Waals surface area contributed by atoms with Gasteiger partial charge in [0.25, 0.3) is 0 Å². The van der Waals surface area contributed by atoms with E-state index < -0.39 is 27.3 Å². The van der Waals surface area contributed by atoms with Crippen LogP contribution in [0.2, 0.25) is 0 Å². The number of ether oxygens (including phenoxy) is 1. The maximum Gasteiger partial charge on any atom is 0.419 e. The summed E-state index contributed by atoms with van der Waals surface area (Å²) in [7, 11) is -3.28. The molecule has 108 valence electrons. The highest BCUT2D eigenvalue weighted by Crippen LogP contribution is 2.37. The molecular formula is C11H12ClF3O3S. The highest BCUT2D eigenvalue weighted by Gasteiger charge is 2.34. The van der Waals surface area contributed by atoms with Crippen LogP contribution in [0.1, 0.15) is 11.1 Å². The number of hydrogen-bond acceptors (Lipinski definition) is 3. The zero-order valence-corrected chi connectivity index (χ0v) is 11.6. The molecule has 0 aliphatic heterocycles. The van der Waals surface area contributed by atoms with Crippen molar-refractivity contribution in [2.45, 2.75) is 12.1 Å². The second kappa shape index (κ2) is 6.00. The zero-order chi connectivity index (χ0) is 14.7. The molecule has 3 nitrogen and oxygen atoms in total. The van der Waals surface area contributed by atoms with Gasteiger partial charge >= 0.3 is 6.18 Å². The van der Waals surface area contributed by atoms with Gasteiger partial charge < -0.3 is 4.74 Å². The smallest absolute Gasteiger partial charge is 0.419 e. The molecule has 0 saturated heterocycles. The first-order valence-corrected chi connectivity index (χ1v) is 7.79. The van der Waals surface area contributed by atoms with Crippen LogP contribution in [0.4, 0.5) is 13.2 Å². The Bertz CT molecular complexity index is 541. The van der Waals surface area contributed by atoms with E-state index in [4.69, 9.17) is 16.3 Å². The van der Waals surface area contributed by atoms with E-state index in [2.05, 4.69) is 0 Å². The van der Waals surface area contributed by atoms with Gasteiger partial charge in [-0.2, -0.15) is 13.2 Å². The molecule has 0 aromatic heterocycles. The van der Waals surface area contributed by atoms with Crippen molar-refractivity contribution in [3.8, 4) is 5.75 Å². The highest BCUT2D eigenvalue weighted by atomic mass is 35.5. The van der Waals surface area contributed by atoms with E-state index in [-0.39, 0.29) is 18.2 Å². The van der Waals surface area contributed by atoms with Gasteiger partial charge in [-0.3, -0.25) is 0 Å². The van der Waals surface area contributed by atoms with Crippen molar-refractivity contribution in [2.24, 2.45) is 0 Å². The minimum Gasteiger partial charge on any atom is -0.492 e. The molecule has 0 atom stereocenters. The van der Waals surface area contributed by atoms with Crippen molar-refractivity contribution in [2.75, 3.05) is 18.6 Å². The second-order valence-corrected chi connectivity index (χ2v) is 6.47. The molecule has 0 amide bonds. The van der Waals surface area contributed by atoms with Gasteiger partial charge in [0.1, 0.15) is 12.4 Å². The Balaban J connectivity index is 2.94. The van der Waals surface area contributed by atoms with E-state index >= 15 is 0 Å². The van der Waals surface area contributed by atoms with Crippen LogP contribution in [-0.2, 0) is 21.9 Å². The van der Waals surface area contributed by atoms with Crippen LogP contribution in [0, 0.1) is 0 Å². The number of rotatable bonds is 5. The summed E-state index contributed by atoms with van der Waals surface area (Å²) in [6.45, 7) is -0.331. The van der Waals surface area contributed by atoms with Crippen LogP contribution in [-0.4, -0.2) is 27.0 Å². The van der Waals surface area contributed by atoms with Crippen molar-refractivity contribution in [1.29, 1.82) is 0 Å². The van der Waals surface area contributed by atoms with Crippen molar-refractivity contribution in [1.82, 2.24) is 0 Å². The van der Waals surface area contributed by atoms with Crippen LogP contribution in [0.15, 0.2) is 18.2 Å². The van der Waals surface area contributed by atoms with Gasteiger partial charge in [0, 0.05) is 12.1 Å². The van der Waals surface area contributed by atoms with Gasteiger partial charge in [-0.1, -0.05) is 6.07 Å². The van der Waals surface area contributed by atoms with Gasteiger partial charge in [-0.05, 0) is 17.7 Å². The van der Waals surface area contributed by atoms with Gasteiger partial charge in [-0.15, -0.1) is 11.6 Å². The number of hydrogen-bond donors (Lipinski definition) is 0. The lowest BCUT2D eigenvalue weighted by Crippen LogP contribution is -2.15. The molecule has 0 N–H and O–H groups in total. The molecule has 0 unspecified atom stereocenters. The van der Waals surface area contributed by atoms with E-state index in [0.717, 1.165) is 18.4 Å². The van der Waals surface area contributed by atoms with Gasteiger partial charge in [-0.25, -0.2) is 8.42 Å². The largest absolute Gasteiger partial charge is 0.492 e. The lowest BCUT2D eigenvalue weighted by atomic mass is 10.1. The lowest BCUT2D eigenvalue weighted by Gasteiger charge is -2.14. The Morgan fingerprint density at radius 3 is 2.42 bits per heavy atom. The van der Waals surface area contributed by atoms with Crippen molar-refractivity contribution >= 4 is 21.4 Å². The summed E-state index contributed by atoms with van der Waals surface area (Å²) in [6, 6.07) is 3.43. The molecule has 0 heterocycles. The summed E-state index contributed by atoms with van der Waals surface area (Å²) in [4.78, 5) is 0. The predicted octanol–water partition coefficient (Wildman–Crippen LogP) is 2.87. The highest BCUT2D eigenvalue weighted by molar-refractivity contribution is 7.90. The molecule has 0 radical (unpaired) electrons. The standard InChI is InChI=1S/C11H12ClF3O3S/c1-19(16,17)5-4-18-10-3-2-8(7-12)6-9(10)11(13,14)15/h2-3,6H,4-5,7H2,1H3. The molecule has 0 fully saturated rings. The minimum absolute atomic E-state index is 0.0489. The molecule has 1 aromatic carbocycles. The van der Waals surface area contributed by atoms with Gasteiger partial charge in [0.05, 0.1) is 11.3 Å². The number of alkyl halides is 4. The Morgan fingerprint density at radius 2 is 1.95 bits per heavy atom. The molecular weight excluding hydrogens is 305 g/mol. The minimum atomic E-state index is -4.58. The summed E-state index contributed by atoms with van der Waals surface area (Å²) in [5.74, 6) is -0.793. The zero-order valence-electron chi connectivity index (χ0n) is 10.00. The maximum atomic E-state index is 12.8. The molecule has 0 aliphatic rings. The first-order valence-electron chi connectivity index (χ1n) is 5.20. The maximum absolute atomic E-state index is 12.8. The monoisotopic (exact) mass is 316 g/mol. The first kappa shape index (κ1) is 16.1. The molecule has 19 heavy (non-hydrogen) atoms. The molecule has 0 spiro atoms. The summed E-state index contributed by atoms with van der Waals surface area (Å²) in [6.07, 6.45) is -3.60. The van der Waals surface area contributed by atoms with E-state index in [1.807, 2.05) is 0 Å². The van der Waals surface area contributed by atoms with E-state index in [0.29, 0.717) is 5.56 Å². The third kappa shape index (κ3) is 5.28. The SMILES string of the molecule is CS(=O)(=O)CCOc1ccc(CCl)cc1C(F)(F)F. The predicted molar refractivity (Wildman–Crippen MR) is 66.2 cm³/mol. The molecule has 0 bridgehead atoms. The van der Waals surface area contributed by atoms with Crippen LogP contribution in [0.25, 0.3) is 0 Å². The number of halogens is 4. The van der Waals surface area contributed by atoms with E-state index in [1.54, 1.807) is 0 Å². The average molecular weight is 317 g/mol. The summed E-state index contributed by atoms with van der Waals surface area (Å²) in [5, 5.41) is 0. The Morgan fingerprint density at radius 1 is 1.32 bits per heavy atom. The van der Waals surface area contributed by atoms with Crippen LogP contribution < -0.4 is 4.74 Å². The summed E-state index contributed by atoms with van der Waals surface area (Å²) in [5.41, 5.74) is -0.649. The Labute approximate surface area is 114 Å². The third-order valence-corrected chi connectivity index (χ3v) is 3.43. The van der Waals surface area contributed by atoms with Crippen molar-refractivity contribution in [3.63, 3.8) is 0 Å². The first-order chi connectivity index (χ1) is 8.63. The Hall–Kier alpha value is -0.950. The second-order valence-electron chi connectivity index (χ2n) is 3.94.